The Morgan fingerprint density at radius 1 is 0.347 bits per heavy atom. The molecule has 20 heteroatoms. The summed E-state index contributed by atoms with van der Waals surface area (Å²) in [5.74, 6) is 2.52. The molecular weight excluding hydrogens is 1250 g/mol. The Morgan fingerprint density at radius 2 is 0.633 bits per heavy atom. The number of hydrogen-bond acceptors (Lipinski definition) is 20. The lowest BCUT2D eigenvalue weighted by atomic mass is 9.48. The highest BCUT2D eigenvalue weighted by atomic mass is 16.5. The largest absolute Gasteiger partial charge is 0.504 e. The van der Waals surface area contributed by atoms with Crippen molar-refractivity contribution in [3.05, 3.63) is 93.0 Å². The molecule has 8 aliphatic heterocycles. The molecule has 8 heterocycles. The van der Waals surface area contributed by atoms with Gasteiger partial charge in [-0.25, -0.2) is 0 Å². The van der Waals surface area contributed by atoms with Crippen LogP contribution in [0.5, 0.6) is 46.0 Å². The molecule has 4 aromatic rings. The van der Waals surface area contributed by atoms with Crippen LogP contribution in [0.15, 0.2) is 48.5 Å². The van der Waals surface area contributed by atoms with Gasteiger partial charge in [-0.3, -0.25) is 29.2 Å². The van der Waals surface area contributed by atoms with E-state index in [1.165, 1.54) is 75.3 Å². The number of carbonyl (C=O) groups is 2. The van der Waals surface area contributed by atoms with Crippen molar-refractivity contribution in [3.63, 3.8) is 0 Å². The van der Waals surface area contributed by atoms with E-state index in [4.69, 9.17) is 18.9 Å². The van der Waals surface area contributed by atoms with Crippen molar-refractivity contribution in [1.29, 1.82) is 0 Å². The Balaban J connectivity index is 0.0000000861. The zero-order chi connectivity index (χ0) is 66.5. The van der Waals surface area contributed by atoms with Crippen LogP contribution in [-0.4, -0.2) is 216 Å². The SMILES string of the molecule is O=C1CC[C@@]2(O)[C@H]3Cc4ccc(O)c5c4[C@@]2(CCN3C2CC2)[C@H]1O5.O=C1CC[C@@]2(O)[C@H]3Cc4ccc(O)c5c4[C@@]2(CCN3C2CCC2)[C@H]1O5.Oc1ccc2c3c1O[C@H]1[C@@H](O)CC[C@@]4(O)[C@@H](C2)N(C2CC2)CC[C@]314.Oc1ccc2c3c1O[C@H]1[C@@H](O)CC[C@@]4(O)[C@@H](C2)N(C2CCC2)CC[C@]314. The average Bonchev–Trinajstić information content (AvgIpc) is 1.45. The van der Waals surface area contributed by atoms with E-state index in [1.807, 2.05) is 24.3 Å². The Bertz CT molecular complexity index is 4140. The first kappa shape index (κ1) is 60.9. The number of nitrogens with zero attached hydrogens (tertiary/aromatic N) is 4. The number of aromatic hydroxyl groups is 4. The van der Waals surface area contributed by atoms with Crippen LogP contribution in [0.1, 0.15) is 186 Å². The van der Waals surface area contributed by atoms with E-state index in [-0.39, 0.29) is 58.7 Å². The van der Waals surface area contributed by atoms with Crippen LogP contribution in [-0.2, 0) is 56.9 Å². The number of carbonyl (C=O) groups excluding carboxylic acids is 2. The van der Waals surface area contributed by atoms with Crippen molar-refractivity contribution >= 4 is 11.6 Å². The van der Waals surface area contributed by atoms with E-state index in [0.717, 1.165) is 111 Å². The van der Waals surface area contributed by atoms with E-state index in [1.54, 1.807) is 24.3 Å². The summed E-state index contributed by atoms with van der Waals surface area (Å²) in [4.78, 5) is 35.5. The summed E-state index contributed by atoms with van der Waals surface area (Å²) < 4.78 is 24.3. The van der Waals surface area contributed by atoms with Gasteiger partial charge >= 0.3 is 0 Å². The highest BCUT2D eigenvalue weighted by molar-refractivity contribution is 5.91. The number of likely N-dealkylation sites (tertiary alicyclic amines) is 4. The fourth-order valence-corrected chi connectivity index (χ4v) is 25.8. The molecule has 0 aromatic heterocycles. The van der Waals surface area contributed by atoms with Crippen LogP contribution in [0.4, 0.5) is 0 Å². The van der Waals surface area contributed by atoms with Gasteiger partial charge in [0.15, 0.2) is 69.8 Å². The predicted molar refractivity (Wildman–Crippen MR) is 352 cm³/mol. The van der Waals surface area contributed by atoms with Crippen LogP contribution >= 0.6 is 0 Å². The molecular formula is C78H92N4O16. The van der Waals surface area contributed by atoms with Crippen LogP contribution in [0.2, 0.25) is 0 Å². The number of rotatable bonds is 4. The molecule has 8 bridgehead atoms. The van der Waals surface area contributed by atoms with Crippen LogP contribution in [0.3, 0.4) is 0 Å². The molecule has 4 spiro atoms. The number of benzene rings is 4. The normalized spacial score (nSPS) is 43.7. The maximum absolute atomic E-state index is 12.7. The second-order valence-corrected chi connectivity index (χ2v) is 34.1. The quantitative estimate of drug-likeness (QED) is 0.121. The average molecular weight is 1340 g/mol. The molecule has 12 aliphatic carbocycles. The highest BCUT2D eigenvalue weighted by Crippen LogP contribution is 2.71. The van der Waals surface area contributed by atoms with Crippen molar-refractivity contribution in [1.82, 2.24) is 19.6 Å². The predicted octanol–water partition coefficient (Wildman–Crippen LogP) is 5.48. The minimum absolute atomic E-state index is 0.0498. The summed E-state index contributed by atoms with van der Waals surface area (Å²) in [6, 6.07) is 17.4. The number of ketones is 2. The van der Waals surface area contributed by atoms with Crippen LogP contribution in [0, 0.1) is 0 Å². The van der Waals surface area contributed by atoms with Gasteiger partial charge in [0.05, 0.1) is 56.3 Å². The van der Waals surface area contributed by atoms with Gasteiger partial charge in [-0.2, -0.15) is 0 Å². The van der Waals surface area contributed by atoms with E-state index in [0.29, 0.717) is 98.5 Å². The summed E-state index contributed by atoms with van der Waals surface area (Å²) in [6.45, 7) is 3.69. The first-order chi connectivity index (χ1) is 47.2. The number of aliphatic hydroxyl groups is 6. The fraction of sp³-hybridized carbons (Fsp3) is 0.667. The van der Waals surface area contributed by atoms with Gasteiger partial charge in [-0.1, -0.05) is 37.1 Å². The second kappa shape index (κ2) is 20.1. The Kier molecular flexibility index (Phi) is 12.5. The molecule has 24 rings (SSSR count). The van der Waals surface area contributed by atoms with Crippen LogP contribution < -0.4 is 18.9 Å². The zero-order valence-electron chi connectivity index (χ0n) is 55.6. The molecule has 12 fully saturated rings. The molecule has 18 atom stereocenters. The second-order valence-electron chi connectivity index (χ2n) is 34.1. The summed E-state index contributed by atoms with van der Waals surface area (Å²) >= 11 is 0. The molecule has 8 saturated carbocycles. The van der Waals surface area contributed by atoms with Crippen molar-refractivity contribution in [3.8, 4) is 46.0 Å². The Morgan fingerprint density at radius 3 is 0.939 bits per heavy atom. The van der Waals surface area contributed by atoms with Gasteiger partial charge in [0.2, 0.25) is 0 Å². The number of hydrogen-bond donors (Lipinski definition) is 10. The van der Waals surface area contributed by atoms with E-state index in [9.17, 15) is 60.7 Å². The van der Waals surface area contributed by atoms with E-state index < -0.39 is 80.7 Å². The van der Waals surface area contributed by atoms with Crippen LogP contribution in [0.25, 0.3) is 0 Å². The maximum atomic E-state index is 12.7. The monoisotopic (exact) mass is 1340 g/mol. The third-order valence-electron chi connectivity index (χ3n) is 30.7. The smallest absolute Gasteiger partial charge is 0.174 e. The summed E-state index contributed by atoms with van der Waals surface area (Å²) in [5, 5.41) is 111. The molecule has 20 nitrogen and oxygen atoms in total. The van der Waals surface area contributed by atoms with Gasteiger partial charge in [-0.15, -0.1) is 0 Å². The first-order valence-electron chi connectivity index (χ1n) is 37.7. The number of aliphatic hydroxyl groups excluding tert-OH is 2. The van der Waals surface area contributed by atoms with Crippen molar-refractivity contribution in [2.45, 2.75) is 296 Å². The topological polar surface area (TPSA) is 286 Å². The van der Waals surface area contributed by atoms with E-state index in [2.05, 4.69) is 19.6 Å². The van der Waals surface area contributed by atoms with Gasteiger partial charge in [-0.05, 0) is 214 Å². The highest BCUT2D eigenvalue weighted by Gasteiger charge is 2.78. The van der Waals surface area contributed by atoms with Gasteiger partial charge in [0, 0.05) is 83.4 Å². The number of ether oxygens (including phenoxy) is 4. The summed E-state index contributed by atoms with van der Waals surface area (Å²) in [5.41, 5.74) is 2.38. The molecule has 20 aliphatic rings. The lowest BCUT2D eigenvalue weighted by Crippen LogP contribution is -2.78. The molecule has 0 radical (unpaired) electrons. The molecule has 0 unspecified atom stereocenters. The molecule has 520 valence electrons. The van der Waals surface area contributed by atoms with Crippen molar-refractivity contribution in [2.75, 3.05) is 26.2 Å². The third-order valence-corrected chi connectivity index (χ3v) is 30.7. The van der Waals surface area contributed by atoms with Gasteiger partial charge in [0.1, 0.15) is 12.2 Å². The minimum Gasteiger partial charge on any atom is -0.504 e. The molecule has 10 N–H and O–H groups in total. The molecule has 4 aromatic carbocycles. The third kappa shape index (κ3) is 7.18. The lowest BCUT2D eigenvalue weighted by Gasteiger charge is -2.65. The Hall–Kier alpha value is -5.78. The lowest BCUT2D eigenvalue weighted by molar-refractivity contribution is -0.216. The van der Waals surface area contributed by atoms with Gasteiger partial charge < -0.3 is 70.0 Å². The maximum Gasteiger partial charge on any atom is 0.174 e. The molecule has 4 saturated heterocycles. The van der Waals surface area contributed by atoms with Gasteiger partial charge in [0.25, 0.3) is 0 Å². The van der Waals surface area contributed by atoms with Crippen molar-refractivity contribution in [2.24, 2.45) is 0 Å². The molecule has 0 amide bonds. The number of phenolic OH excluding ortho intramolecular Hbond substituents is 4. The first-order valence-corrected chi connectivity index (χ1v) is 37.7. The number of piperidine rings is 4. The number of phenols is 4. The number of Topliss-reactive ketones (excluding diaryl/α,β-unsaturated/α-hetero) is 2. The van der Waals surface area contributed by atoms with E-state index >= 15 is 0 Å². The molecule has 98 heavy (non-hydrogen) atoms. The minimum atomic E-state index is -0.939. The standard InChI is InChI=1S/C20H25NO4.C20H23NO4.C19H23NO4.C19H21NO4/c2*22-13-5-4-11-10-15-20(24)7-6-14(23)18-19(20,16(11)17(13)25-18)8-9-21(15)12-2-1-3-12;2*21-12-4-1-10-9-14-19(23)6-5-13(22)17-18(19,15(10)16(12)24-17)7-8-20(14)11-2-3-11/h4-5,12,14-15,18,22-24H,1-3,6-10H2;4-5,12,15,18,22,24H,1-3,6-10H2;1,4,11,13-14,17,21-23H,2-3,5-9H2;1,4,11,14,17,21,23H,2-3,5-9H2/t14-,15+,18-,19-,20+;15-,18+,19+,20-;13-,14+,17-,18-,19+;14-,17+,18+,19-/m0101/s1. The fourth-order valence-electron chi connectivity index (χ4n) is 25.8. The summed E-state index contributed by atoms with van der Waals surface area (Å²) in [6.07, 6.45) is 19.3. The van der Waals surface area contributed by atoms with Crippen molar-refractivity contribution < 1.29 is 79.6 Å². The summed E-state index contributed by atoms with van der Waals surface area (Å²) in [7, 11) is 0. The zero-order valence-corrected chi connectivity index (χ0v) is 55.6. The Labute approximate surface area is 569 Å².